The number of hydrogen-bond acceptors (Lipinski definition) is 4. The Morgan fingerprint density at radius 2 is 2.19 bits per heavy atom. The molecule has 1 saturated heterocycles. The Morgan fingerprint density at radius 3 is 2.75 bits per heavy atom. The molecule has 0 aromatic heterocycles. The van der Waals surface area contributed by atoms with Gasteiger partial charge in [-0.15, -0.1) is 0 Å². The molecule has 0 aromatic carbocycles. The maximum atomic E-state index is 12.0. The maximum Gasteiger partial charge on any atom is 0.227 e. The Morgan fingerprint density at radius 1 is 1.50 bits per heavy atom. The number of amides is 1. The van der Waals surface area contributed by atoms with Gasteiger partial charge < -0.3 is 20.5 Å². The van der Waals surface area contributed by atoms with Gasteiger partial charge in [0.1, 0.15) is 0 Å². The molecule has 1 heterocycles. The molecule has 1 rings (SSSR count). The highest BCUT2D eigenvalue weighted by molar-refractivity contribution is 5.83. The third-order valence-corrected chi connectivity index (χ3v) is 3.13. The zero-order chi connectivity index (χ0) is 11.9. The summed E-state index contributed by atoms with van der Waals surface area (Å²) in [6.45, 7) is 2.96. The van der Waals surface area contributed by atoms with Crippen LogP contribution in [0.25, 0.3) is 0 Å². The van der Waals surface area contributed by atoms with Crippen LogP contribution >= 0.6 is 0 Å². The normalized spacial score (nSPS) is 19.4. The zero-order valence-corrected chi connectivity index (χ0v) is 9.96. The summed E-state index contributed by atoms with van der Waals surface area (Å²) in [5.41, 5.74) is 5.32. The van der Waals surface area contributed by atoms with E-state index in [4.69, 9.17) is 15.2 Å². The first kappa shape index (κ1) is 13.4. The molecule has 1 aliphatic heterocycles. The van der Waals surface area contributed by atoms with Crippen LogP contribution in [-0.2, 0) is 14.3 Å². The Balaban J connectivity index is 2.36. The second-order valence-electron chi connectivity index (χ2n) is 4.20. The fraction of sp³-hybridized carbons (Fsp3) is 0.909. The molecular weight excluding hydrogens is 208 g/mol. The molecule has 3 N–H and O–H groups in total. The minimum Gasteiger partial charge on any atom is -0.385 e. The summed E-state index contributed by atoms with van der Waals surface area (Å²) in [5.74, 6) is 0.0643. The topological polar surface area (TPSA) is 73.6 Å². The van der Waals surface area contributed by atoms with Gasteiger partial charge in [0.15, 0.2) is 0 Å². The van der Waals surface area contributed by atoms with E-state index in [1.807, 2.05) is 0 Å². The van der Waals surface area contributed by atoms with E-state index in [-0.39, 0.29) is 5.91 Å². The van der Waals surface area contributed by atoms with Crippen LogP contribution in [0.5, 0.6) is 0 Å². The predicted octanol–water partition coefficient (Wildman–Crippen LogP) is -0.105. The number of ether oxygens (including phenoxy) is 2. The number of rotatable bonds is 6. The molecule has 16 heavy (non-hydrogen) atoms. The highest BCUT2D eigenvalue weighted by Gasteiger charge is 2.38. The third kappa shape index (κ3) is 3.43. The lowest BCUT2D eigenvalue weighted by atomic mass is 9.79. The Kier molecular flexibility index (Phi) is 5.73. The van der Waals surface area contributed by atoms with Crippen molar-refractivity contribution in [2.75, 3.05) is 40.0 Å². The number of carbonyl (C=O) groups is 1. The van der Waals surface area contributed by atoms with Gasteiger partial charge in [0.2, 0.25) is 5.91 Å². The van der Waals surface area contributed by atoms with Crippen LogP contribution in [0.1, 0.15) is 19.3 Å². The fourth-order valence-electron chi connectivity index (χ4n) is 1.89. The van der Waals surface area contributed by atoms with Gasteiger partial charge in [-0.05, 0) is 19.3 Å². The van der Waals surface area contributed by atoms with Crippen molar-refractivity contribution in [2.24, 2.45) is 11.1 Å². The number of nitrogens with two attached hydrogens (primary N) is 1. The quantitative estimate of drug-likeness (QED) is 0.625. The van der Waals surface area contributed by atoms with Crippen LogP contribution in [0.15, 0.2) is 0 Å². The van der Waals surface area contributed by atoms with Gasteiger partial charge in [0.25, 0.3) is 0 Å². The molecule has 0 radical (unpaired) electrons. The van der Waals surface area contributed by atoms with Gasteiger partial charge in [-0.25, -0.2) is 0 Å². The van der Waals surface area contributed by atoms with Gasteiger partial charge in [0.05, 0.1) is 5.41 Å². The molecule has 0 aromatic rings. The van der Waals surface area contributed by atoms with Gasteiger partial charge >= 0.3 is 0 Å². The molecule has 1 fully saturated rings. The van der Waals surface area contributed by atoms with E-state index in [9.17, 15) is 4.79 Å². The number of hydrogen-bond donors (Lipinski definition) is 2. The lowest BCUT2D eigenvalue weighted by Gasteiger charge is -2.34. The molecular formula is C11H22N2O3. The second-order valence-corrected chi connectivity index (χ2v) is 4.20. The van der Waals surface area contributed by atoms with Crippen molar-refractivity contribution < 1.29 is 14.3 Å². The average molecular weight is 230 g/mol. The average Bonchev–Trinajstić information content (AvgIpc) is 2.35. The highest BCUT2D eigenvalue weighted by Crippen LogP contribution is 2.29. The van der Waals surface area contributed by atoms with Crippen molar-refractivity contribution in [1.29, 1.82) is 0 Å². The van der Waals surface area contributed by atoms with Crippen LogP contribution in [0.3, 0.4) is 0 Å². The predicted molar refractivity (Wildman–Crippen MR) is 61.0 cm³/mol. The van der Waals surface area contributed by atoms with Crippen molar-refractivity contribution in [1.82, 2.24) is 5.32 Å². The smallest absolute Gasteiger partial charge is 0.227 e. The van der Waals surface area contributed by atoms with Crippen molar-refractivity contribution in [2.45, 2.75) is 19.3 Å². The first-order chi connectivity index (χ1) is 7.75. The van der Waals surface area contributed by atoms with Gasteiger partial charge in [-0.2, -0.15) is 0 Å². The van der Waals surface area contributed by atoms with Crippen LogP contribution in [0, 0.1) is 5.41 Å². The Labute approximate surface area is 96.7 Å². The molecule has 1 aliphatic rings. The van der Waals surface area contributed by atoms with Crippen molar-refractivity contribution in [3.63, 3.8) is 0 Å². The monoisotopic (exact) mass is 230 g/mol. The summed E-state index contributed by atoms with van der Waals surface area (Å²) in [7, 11) is 1.65. The summed E-state index contributed by atoms with van der Waals surface area (Å²) >= 11 is 0. The summed E-state index contributed by atoms with van der Waals surface area (Å²) < 4.78 is 10.2. The second kappa shape index (κ2) is 6.83. The molecule has 0 aliphatic carbocycles. The molecule has 1 amide bonds. The van der Waals surface area contributed by atoms with Gasteiger partial charge in [-0.3, -0.25) is 4.79 Å². The van der Waals surface area contributed by atoms with E-state index < -0.39 is 5.41 Å². The largest absolute Gasteiger partial charge is 0.385 e. The van der Waals surface area contributed by atoms with Gasteiger partial charge in [-0.1, -0.05) is 0 Å². The van der Waals surface area contributed by atoms with E-state index in [2.05, 4.69) is 5.32 Å². The minimum absolute atomic E-state index is 0.0643. The first-order valence-corrected chi connectivity index (χ1v) is 5.80. The maximum absolute atomic E-state index is 12.0. The zero-order valence-electron chi connectivity index (χ0n) is 9.96. The van der Waals surface area contributed by atoms with Crippen LogP contribution in [0.2, 0.25) is 0 Å². The van der Waals surface area contributed by atoms with E-state index >= 15 is 0 Å². The lowest BCUT2D eigenvalue weighted by molar-refractivity contribution is -0.135. The summed E-state index contributed by atoms with van der Waals surface area (Å²) in [6.07, 6.45) is 2.28. The van der Waals surface area contributed by atoms with E-state index in [1.54, 1.807) is 7.11 Å². The first-order valence-electron chi connectivity index (χ1n) is 5.80. The standard InChI is InChI=1S/C11H22N2O3/c1-15-6-2-5-13-10(14)11(9-12)3-7-16-8-4-11/h2-9,12H2,1H3,(H,13,14). The molecule has 5 heteroatoms. The van der Waals surface area contributed by atoms with Crippen molar-refractivity contribution in [3.05, 3.63) is 0 Å². The Bertz CT molecular complexity index is 215. The van der Waals surface area contributed by atoms with Gasteiger partial charge in [0, 0.05) is 40.0 Å². The molecule has 94 valence electrons. The third-order valence-electron chi connectivity index (χ3n) is 3.13. The Hall–Kier alpha value is -0.650. The van der Waals surface area contributed by atoms with Crippen LogP contribution in [-0.4, -0.2) is 45.9 Å². The molecule has 0 bridgehead atoms. The molecule has 0 atom stereocenters. The molecule has 0 unspecified atom stereocenters. The molecule has 5 nitrogen and oxygen atoms in total. The molecule has 0 saturated carbocycles. The summed E-state index contributed by atoms with van der Waals surface area (Å²) in [4.78, 5) is 12.0. The highest BCUT2D eigenvalue weighted by atomic mass is 16.5. The van der Waals surface area contributed by atoms with E-state index in [0.29, 0.717) is 32.9 Å². The van der Waals surface area contributed by atoms with Crippen LogP contribution < -0.4 is 11.1 Å². The number of methoxy groups -OCH3 is 1. The summed E-state index contributed by atoms with van der Waals surface area (Å²) in [5, 5.41) is 2.92. The minimum atomic E-state index is -0.411. The van der Waals surface area contributed by atoms with Crippen LogP contribution in [0.4, 0.5) is 0 Å². The molecule has 0 spiro atoms. The number of carbonyl (C=O) groups excluding carboxylic acids is 1. The number of nitrogens with one attached hydrogen (secondary N) is 1. The van der Waals surface area contributed by atoms with Crippen molar-refractivity contribution in [3.8, 4) is 0 Å². The van der Waals surface area contributed by atoms with E-state index in [0.717, 1.165) is 19.3 Å². The lowest BCUT2D eigenvalue weighted by Crippen LogP contribution is -2.49. The SMILES string of the molecule is COCCCNC(=O)C1(CN)CCOCC1. The fourth-order valence-corrected chi connectivity index (χ4v) is 1.89. The summed E-state index contributed by atoms with van der Waals surface area (Å²) in [6, 6.07) is 0. The van der Waals surface area contributed by atoms with E-state index in [1.165, 1.54) is 0 Å². The van der Waals surface area contributed by atoms with Crippen molar-refractivity contribution >= 4 is 5.91 Å².